The molecule has 0 radical (unpaired) electrons. The Kier molecular flexibility index (Phi) is 58.2. The second-order valence-corrected chi connectivity index (χ2v) is 23.2. The summed E-state index contributed by atoms with van der Waals surface area (Å²) < 4.78 is 11.3. The van der Waals surface area contributed by atoms with Crippen LogP contribution in [0.5, 0.6) is 0 Å². The molecule has 9 heteroatoms. The van der Waals surface area contributed by atoms with E-state index >= 15 is 0 Å². The van der Waals surface area contributed by atoms with Gasteiger partial charge in [0.1, 0.15) is 24.4 Å². The smallest absolute Gasteiger partial charge is 0.220 e. The molecule has 0 aromatic carbocycles. The van der Waals surface area contributed by atoms with Gasteiger partial charge in [0.2, 0.25) is 5.91 Å². The zero-order valence-corrected chi connectivity index (χ0v) is 53.6. The van der Waals surface area contributed by atoms with Crippen molar-refractivity contribution in [2.75, 3.05) is 13.2 Å². The van der Waals surface area contributed by atoms with E-state index in [2.05, 4.69) is 141 Å². The number of aliphatic hydroxyl groups excluding tert-OH is 5. The number of aliphatic hydroxyl groups is 5. The zero-order valence-electron chi connectivity index (χ0n) is 53.6. The van der Waals surface area contributed by atoms with Crippen LogP contribution in [0.25, 0.3) is 0 Å². The highest BCUT2D eigenvalue weighted by molar-refractivity contribution is 5.76. The Hall–Kier alpha value is -3.67. The fraction of sp³-hybridized carbons (Fsp3) is 0.693. The Morgan fingerprint density at radius 3 is 1.14 bits per heavy atom. The molecule has 1 heterocycles. The van der Waals surface area contributed by atoms with Crippen LogP contribution in [0.2, 0.25) is 0 Å². The molecular weight excluding hydrogens is 1040 g/mol. The first-order valence-corrected chi connectivity index (χ1v) is 34.4. The number of allylic oxidation sites excluding steroid dienone is 21. The highest BCUT2D eigenvalue weighted by atomic mass is 16.7. The van der Waals surface area contributed by atoms with E-state index in [0.717, 1.165) is 109 Å². The molecule has 7 unspecified atom stereocenters. The van der Waals surface area contributed by atoms with Crippen molar-refractivity contribution in [3.05, 3.63) is 134 Å². The van der Waals surface area contributed by atoms with Gasteiger partial charge in [0.05, 0.1) is 25.4 Å². The van der Waals surface area contributed by atoms with E-state index in [9.17, 15) is 30.3 Å². The van der Waals surface area contributed by atoms with Gasteiger partial charge in [-0.2, -0.15) is 0 Å². The summed E-state index contributed by atoms with van der Waals surface area (Å²) in [6, 6.07) is -0.833. The minimum absolute atomic E-state index is 0.193. The van der Waals surface area contributed by atoms with Crippen LogP contribution < -0.4 is 5.32 Å². The fourth-order valence-electron chi connectivity index (χ4n) is 10.1. The van der Waals surface area contributed by atoms with E-state index in [1.807, 2.05) is 6.08 Å². The van der Waals surface area contributed by atoms with Gasteiger partial charge in [-0.15, -0.1) is 0 Å². The summed E-state index contributed by atoms with van der Waals surface area (Å²) in [5.41, 5.74) is 0. The molecule has 1 saturated heterocycles. The summed E-state index contributed by atoms with van der Waals surface area (Å²) in [6.07, 6.45) is 88.3. The van der Waals surface area contributed by atoms with Crippen LogP contribution in [0.15, 0.2) is 134 Å². The second-order valence-electron chi connectivity index (χ2n) is 23.2. The maximum absolute atomic E-state index is 13.1. The van der Waals surface area contributed by atoms with E-state index in [1.54, 1.807) is 6.08 Å². The van der Waals surface area contributed by atoms with E-state index in [1.165, 1.54) is 148 Å². The Balaban J connectivity index is 2.16. The maximum atomic E-state index is 13.1. The molecule has 0 bridgehead atoms. The molecule has 0 spiro atoms. The molecule has 480 valence electrons. The summed E-state index contributed by atoms with van der Waals surface area (Å²) >= 11 is 0. The molecule has 84 heavy (non-hydrogen) atoms. The van der Waals surface area contributed by atoms with Crippen molar-refractivity contribution in [2.24, 2.45) is 0 Å². The summed E-state index contributed by atoms with van der Waals surface area (Å²) in [7, 11) is 0. The lowest BCUT2D eigenvalue weighted by molar-refractivity contribution is -0.302. The van der Waals surface area contributed by atoms with Crippen molar-refractivity contribution in [1.82, 2.24) is 5.32 Å². The standard InChI is InChI=1S/C75H127NO8/c1-3-5-7-9-11-13-15-17-19-21-23-25-27-28-29-30-31-32-33-34-35-36-37-38-39-40-41-42-43-45-47-49-51-53-55-57-59-61-63-65-71(79)76-68(67-83-75-74(82)73(81)72(80)70(66-77)84-75)69(78)64-62-60-58-56-54-52-50-48-46-44-26-24-22-20-18-16-14-12-10-8-6-4-2/h5,7,11,13,17,19,23,25,28-29,31-32,34-35,37-38,40-41,54,56,62,64,68-70,72-75,77-78,80-82H,3-4,6,8-10,12,14-16,18,20-22,24,26-27,30,33,36,39,42-53,55,57-61,63,65-67H2,1-2H3,(H,76,79)/b7-5-,13-11-,19-17-,25-23-,29-28-,32-31-,35-34-,38-37-,41-40-,56-54+,64-62+. The first-order valence-electron chi connectivity index (χ1n) is 34.4. The average molecular weight is 1170 g/mol. The number of ether oxygens (including phenoxy) is 2. The molecule has 9 nitrogen and oxygen atoms in total. The van der Waals surface area contributed by atoms with Gasteiger partial charge in [-0.05, 0) is 103 Å². The van der Waals surface area contributed by atoms with Crippen LogP contribution in [0.1, 0.15) is 277 Å². The normalized spacial score (nSPS) is 19.1. The van der Waals surface area contributed by atoms with Crippen molar-refractivity contribution >= 4 is 5.91 Å². The summed E-state index contributed by atoms with van der Waals surface area (Å²) in [5, 5.41) is 54.7. The summed E-state index contributed by atoms with van der Waals surface area (Å²) in [6.45, 7) is 3.66. The Labute approximate surface area is 515 Å². The van der Waals surface area contributed by atoms with Crippen LogP contribution in [-0.2, 0) is 14.3 Å². The van der Waals surface area contributed by atoms with E-state index in [0.29, 0.717) is 6.42 Å². The van der Waals surface area contributed by atoms with Gasteiger partial charge in [0.25, 0.3) is 0 Å². The van der Waals surface area contributed by atoms with E-state index in [-0.39, 0.29) is 12.5 Å². The number of amides is 1. The van der Waals surface area contributed by atoms with Crippen molar-refractivity contribution in [1.29, 1.82) is 0 Å². The molecule has 1 aliphatic heterocycles. The van der Waals surface area contributed by atoms with Crippen molar-refractivity contribution < 1.29 is 39.8 Å². The predicted molar refractivity (Wildman–Crippen MR) is 359 cm³/mol. The molecule has 1 rings (SSSR count). The number of hydrogen-bond acceptors (Lipinski definition) is 8. The number of carbonyl (C=O) groups excluding carboxylic acids is 1. The van der Waals surface area contributed by atoms with Crippen molar-refractivity contribution in [2.45, 2.75) is 320 Å². The van der Waals surface area contributed by atoms with Crippen LogP contribution in [-0.4, -0.2) is 87.5 Å². The van der Waals surface area contributed by atoms with Crippen molar-refractivity contribution in [3.8, 4) is 0 Å². The molecule has 6 N–H and O–H groups in total. The molecule has 7 atom stereocenters. The van der Waals surface area contributed by atoms with Gasteiger partial charge < -0.3 is 40.3 Å². The van der Waals surface area contributed by atoms with Crippen LogP contribution in [0.3, 0.4) is 0 Å². The topological polar surface area (TPSA) is 149 Å². The first-order chi connectivity index (χ1) is 41.3. The summed E-state index contributed by atoms with van der Waals surface area (Å²) in [5.74, 6) is -0.193. The third kappa shape index (κ3) is 50.5. The van der Waals surface area contributed by atoms with Crippen LogP contribution in [0, 0.1) is 0 Å². The zero-order chi connectivity index (χ0) is 60.7. The first kappa shape index (κ1) is 78.3. The highest BCUT2D eigenvalue weighted by Gasteiger charge is 2.44. The molecular formula is C75H127NO8. The minimum atomic E-state index is -1.58. The van der Waals surface area contributed by atoms with Gasteiger partial charge in [-0.3, -0.25) is 4.79 Å². The van der Waals surface area contributed by atoms with E-state index < -0.39 is 49.5 Å². The lowest BCUT2D eigenvalue weighted by atomic mass is 9.99. The van der Waals surface area contributed by atoms with Gasteiger partial charge in [-0.25, -0.2) is 0 Å². The third-order valence-corrected chi connectivity index (χ3v) is 15.5. The molecule has 0 aromatic rings. The Morgan fingerprint density at radius 2 is 0.750 bits per heavy atom. The molecule has 0 saturated carbocycles. The van der Waals surface area contributed by atoms with Crippen LogP contribution >= 0.6 is 0 Å². The van der Waals surface area contributed by atoms with Crippen LogP contribution in [0.4, 0.5) is 0 Å². The highest BCUT2D eigenvalue weighted by Crippen LogP contribution is 2.23. The minimum Gasteiger partial charge on any atom is -0.394 e. The molecule has 0 aromatic heterocycles. The number of nitrogens with one attached hydrogen (secondary N) is 1. The van der Waals surface area contributed by atoms with Gasteiger partial charge in [0, 0.05) is 6.42 Å². The number of carbonyl (C=O) groups is 1. The van der Waals surface area contributed by atoms with Gasteiger partial charge in [-0.1, -0.05) is 302 Å². The molecule has 1 fully saturated rings. The van der Waals surface area contributed by atoms with Crippen molar-refractivity contribution in [3.63, 3.8) is 0 Å². The largest absolute Gasteiger partial charge is 0.394 e. The number of unbranched alkanes of at least 4 members (excludes halogenated alkanes) is 28. The molecule has 0 aliphatic carbocycles. The fourth-order valence-corrected chi connectivity index (χ4v) is 10.1. The predicted octanol–water partition coefficient (Wildman–Crippen LogP) is 18.8. The summed E-state index contributed by atoms with van der Waals surface area (Å²) in [4.78, 5) is 13.1. The number of hydrogen-bond donors (Lipinski definition) is 6. The number of rotatable bonds is 58. The van der Waals surface area contributed by atoms with Gasteiger partial charge in [0.15, 0.2) is 6.29 Å². The Morgan fingerprint density at radius 1 is 0.417 bits per heavy atom. The monoisotopic (exact) mass is 1170 g/mol. The second kappa shape index (κ2) is 62.4. The lowest BCUT2D eigenvalue weighted by Gasteiger charge is -2.40. The lowest BCUT2D eigenvalue weighted by Crippen LogP contribution is -2.60. The van der Waals surface area contributed by atoms with Gasteiger partial charge >= 0.3 is 0 Å². The quantitative estimate of drug-likeness (QED) is 0.0261. The van der Waals surface area contributed by atoms with E-state index in [4.69, 9.17) is 9.47 Å². The third-order valence-electron chi connectivity index (χ3n) is 15.5. The Bertz CT molecular complexity index is 1790. The molecule has 1 aliphatic rings. The maximum Gasteiger partial charge on any atom is 0.220 e. The average Bonchev–Trinajstić information content (AvgIpc) is 3.70. The SMILES string of the molecule is CC/C=C\C/C=C\C/C=C\C/C=C\C/C=C\C/C=C\C/C=C\C/C=C\C/C=C\CCCCCCCCCCCCCC(=O)NC(COC1OC(CO)C(O)C(O)C1O)C(O)/C=C/CC/C=C/CCCCCCCCCCCCCCCCCC. The molecule has 1 amide bonds.